The molecule has 2 radical (unpaired) electrons. The highest BCUT2D eigenvalue weighted by Crippen LogP contribution is 2.22. The molecule has 0 bridgehead atoms. The fourth-order valence-electron chi connectivity index (χ4n) is 3.59. The fraction of sp³-hybridized carbons (Fsp3) is 0.696. The Bertz CT molecular complexity index is 762. The van der Waals surface area contributed by atoms with E-state index in [2.05, 4.69) is 27.0 Å². The summed E-state index contributed by atoms with van der Waals surface area (Å²) in [6.45, 7) is 11.9. The van der Waals surface area contributed by atoms with Crippen LogP contribution in [0.4, 0.5) is 0 Å². The summed E-state index contributed by atoms with van der Waals surface area (Å²) < 4.78 is 3.40. The Kier molecular flexibility index (Phi) is 13.1. The van der Waals surface area contributed by atoms with Crippen molar-refractivity contribution in [1.82, 2.24) is 13.7 Å². The Morgan fingerprint density at radius 3 is 1.57 bits per heavy atom. The number of nitrogens with zero attached hydrogens (tertiary/aromatic N) is 3. The van der Waals surface area contributed by atoms with Crippen molar-refractivity contribution < 1.29 is 0 Å². The van der Waals surface area contributed by atoms with Gasteiger partial charge in [-0.15, -0.1) is 13.2 Å². The highest BCUT2D eigenvalue weighted by Gasteiger charge is 2.16. The Balaban J connectivity index is 3.02. The second kappa shape index (κ2) is 15.0. The second-order valence-electron chi connectivity index (χ2n) is 7.83. The number of unbranched alkanes of at least 4 members (excludes halogenated alkanes) is 6. The average molecular weight is 434 g/mol. The van der Waals surface area contributed by atoms with Crippen LogP contribution in [0.5, 0.6) is 0 Å². The number of rotatable bonds is 17. The maximum absolute atomic E-state index is 12.8. The van der Waals surface area contributed by atoms with E-state index < -0.39 is 17.1 Å². The molecule has 0 N–H and O–H groups in total. The van der Waals surface area contributed by atoms with Crippen molar-refractivity contribution in [3.63, 3.8) is 0 Å². The first-order chi connectivity index (χ1) is 14.5. The molecule has 30 heavy (non-hydrogen) atoms. The van der Waals surface area contributed by atoms with Gasteiger partial charge in [-0.1, -0.05) is 90.2 Å². The summed E-state index contributed by atoms with van der Waals surface area (Å²) in [5.41, 5.74) is -1.14. The molecule has 0 aliphatic rings. The van der Waals surface area contributed by atoms with E-state index in [9.17, 15) is 14.4 Å². The fourth-order valence-corrected chi connectivity index (χ4v) is 5.12. The molecule has 0 saturated heterocycles. The van der Waals surface area contributed by atoms with Gasteiger partial charge in [-0.2, -0.15) is 0 Å². The normalized spacial score (nSPS) is 11.2. The lowest BCUT2D eigenvalue weighted by Crippen LogP contribution is -2.54. The van der Waals surface area contributed by atoms with Crippen LogP contribution >= 0.6 is 0 Å². The smallest absolute Gasteiger partial charge is 0.248 e. The largest absolute Gasteiger partial charge is 0.336 e. The Hall–Kier alpha value is -1.89. The molecule has 0 saturated carbocycles. The minimum atomic E-state index is -0.597. The third kappa shape index (κ3) is 8.09. The van der Waals surface area contributed by atoms with Crippen LogP contribution in [0.3, 0.4) is 0 Å². The Labute approximate surface area is 183 Å². The summed E-state index contributed by atoms with van der Waals surface area (Å²) in [6.07, 6.45) is 15.5. The van der Waals surface area contributed by atoms with Crippen LogP contribution in [0.2, 0.25) is 5.54 Å². The predicted octanol–water partition coefficient (Wildman–Crippen LogP) is 3.93. The lowest BCUT2D eigenvalue weighted by atomic mass is 10.1. The summed E-state index contributed by atoms with van der Waals surface area (Å²) >= 11 is 0. The summed E-state index contributed by atoms with van der Waals surface area (Å²) in [6, 6.07) is 0. The van der Waals surface area contributed by atoms with Crippen molar-refractivity contribution in [2.45, 2.75) is 103 Å². The average Bonchev–Trinajstić information content (AvgIpc) is 2.74. The minimum Gasteiger partial charge on any atom is -0.248 e. The molecule has 1 aromatic heterocycles. The molecule has 0 spiro atoms. The van der Waals surface area contributed by atoms with Crippen LogP contribution in [0.15, 0.2) is 39.7 Å². The number of hydrogen-bond acceptors (Lipinski definition) is 3. The quantitative estimate of drug-likeness (QED) is 0.212. The molecule has 168 valence electrons. The van der Waals surface area contributed by atoms with Gasteiger partial charge in [0, 0.05) is 6.17 Å². The lowest BCUT2D eigenvalue weighted by molar-refractivity contribution is 0.504. The standard InChI is InChI=1S/C23H39N3O3Si/c1-5-9-11-13-15-20(16-14-12-10-6-2)30-19-26-22(28)24(17-7-3)21(27)25(18-8-4)23(26)29/h7-8,20H,3-6,9-19H2,1-2H3. The number of allylic oxidation sites excluding steroid dienone is 2. The van der Waals surface area contributed by atoms with Gasteiger partial charge in [-0.3, -0.25) is 0 Å². The Morgan fingerprint density at radius 2 is 1.17 bits per heavy atom. The van der Waals surface area contributed by atoms with Gasteiger partial charge in [0.15, 0.2) is 0 Å². The summed E-state index contributed by atoms with van der Waals surface area (Å²) in [7, 11) is 0.494. The van der Waals surface area contributed by atoms with Crippen LogP contribution in [-0.4, -0.2) is 23.2 Å². The molecule has 0 aromatic carbocycles. The van der Waals surface area contributed by atoms with Gasteiger partial charge in [0.05, 0.1) is 22.6 Å². The highest BCUT2D eigenvalue weighted by atomic mass is 28.2. The number of hydrogen-bond donors (Lipinski definition) is 0. The van der Waals surface area contributed by atoms with E-state index >= 15 is 0 Å². The van der Waals surface area contributed by atoms with E-state index in [0.717, 1.165) is 22.0 Å². The molecular formula is C23H39N3O3Si. The molecule has 0 aliphatic heterocycles. The van der Waals surface area contributed by atoms with Crippen molar-refractivity contribution >= 4 is 9.52 Å². The van der Waals surface area contributed by atoms with Gasteiger partial charge in [0.25, 0.3) is 0 Å². The SMILES string of the molecule is C=CCn1c(=O)n(CC=C)c(=O)n(C[Si]C(CCCCCC)CCCCCC)c1=O. The van der Waals surface area contributed by atoms with Crippen molar-refractivity contribution in [3.8, 4) is 0 Å². The molecule has 0 aliphatic carbocycles. The zero-order valence-electron chi connectivity index (χ0n) is 18.9. The lowest BCUT2D eigenvalue weighted by Gasteiger charge is -2.17. The zero-order chi connectivity index (χ0) is 22.4. The van der Waals surface area contributed by atoms with Crippen molar-refractivity contribution in [2.75, 3.05) is 0 Å². The highest BCUT2D eigenvalue weighted by molar-refractivity contribution is 6.36. The first kappa shape index (κ1) is 26.1. The van der Waals surface area contributed by atoms with E-state index in [-0.39, 0.29) is 13.1 Å². The van der Waals surface area contributed by atoms with Crippen LogP contribution in [-0.2, 0) is 19.3 Å². The molecule has 0 amide bonds. The van der Waals surface area contributed by atoms with E-state index in [4.69, 9.17) is 0 Å². The molecule has 0 unspecified atom stereocenters. The van der Waals surface area contributed by atoms with Crippen LogP contribution in [0.25, 0.3) is 0 Å². The molecule has 0 atom stereocenters. The van der Waals surface area contributed by atoms with Gasteiger partial charge < -0.3 is 0 Å². The topological polar surface area (TPSA) is 66.0 Å². The molecule has 6 nitrogen and oxygen atoms in total. The zero-order valence-corrected chi connectivity index (χ0v) is 19.9. The summed E-state index contributed by atoms with van der Waals surface area (Å²) in [4.78, 5) is 38.1. The van der Waals surface area contributed by atoms with Crippen LogP contribution in [0, 0.1) is 0 Å². The molecule has 1 aromatic rings. The molecule has 0 fully saturated rings. The van der Waals surface area contributed by atoms with Gasteiger partial charge in [0.1, 0.15) is 0 Å². The second-order valence-corrected chi connectivity index (χ2v) is 9.37. The van der Waals surface area contributed by atoms with E-state index in [1.165, 1.54) is 68.1 Å². The third-order valence-electron chi connectivity index (χ3n) is 5.36. The van der Waals surface area contributed by atoms with Crippen LogP contribution in [0.1, 0.15) is 78.1 Å². The van der Waals surface area contributed by atoms with Gasteiger partial charge >= 0.3 is 17.1 Å². The molecular weight excluding hydrogens is 394 g/mol. The van der Waals surface area contributed by atoms with E-state index in [1.54, 1.807) is 0 Å². The number of aromatic nitrogens is 3. The van der Waals surface area contributed by atoms with Gasteiger partial charge in [0.2, 0.25) is 0 Å². The first-order valence-corrected chi connectivity index (χ1v) is 12.7. The summed E-state index contributed by atoms with van der Waals surface area (Å²) in [5, 5.41) is 0. The molecule has 1 rings (SSSR count). The van der Waals surface area contributed by atoms with E-state index in [0.29, 0.717) is 21.2 Å². The minimum absolute atomic E-state index is 0.0929. The first-order valence-electron chi connectivity index (χ1n) is 11.4. The molecule has 7 heteroatoms. The van der Waals surface area contributed by atoms with Crippen molar-refractivity contribution in [3.05, 3.63) is 56.8 Å². The third-order valence-corrected chi connectivity index (χ3v) is 7.01. The maximum atomic E-state index is 12.8. The predicted molar refractivity (Wildman–Crippen MR) is 127 cm³/mol. The summed E-state index contributed by atoms with van der Waals surface area (Å²) in [5.74, 6) is 0. The van der Waals surface area contributed by atoms with E-state index in [1.807, 2.05) is 0 Å². The van der Waals surface area contributed by atoms with Crippen molar-refractivity contribution in [2.24, 2.45) is 0 Å². The van der Waals surface area contributed by atoms with Gasteiger partial charge in [-0.05, 0) is 5.54 Å². The van der Waals surface area contributed by atoms with Crippen molar-refractivity contribution in [1.29, 1.82) is 0 Å². The molecule has 1 heterocycles. The van der Waals surface area contributed by atoms with Crippen LogP contribution < -0.4 is 17.1 Å². The monoisotopic (exact) mass is 433 g/mol. The Morgan fingerprint density at radius 1 is 0.733 bits per heavy atom. The maximum Gasteiger partial charge on any atom is 0.336 e. The van der Waals surface area contributed by atoms with Gasteiger partial charge in [-0.25, -0.2) is 28.1 Å².